The van der Waals surface area contributed by atoms with Crippen LogP contribution in [0.25, 0.3) is 11.0 Å². The predicted octanol–water partition coefficient (Wildman–Crippen LogP) is 1.64. The number of carbonyl (C=O) groups excluding carboxylic acids is 1. The van der Waals surface area contributed by atoms with Gasteiger partial charge in [-0.05, 0) is 36.4 Å². The Kier molecular flexibility index (Phi) is 3.73. The number of benzene rings is 2. The van der Waals surface area contributed by atoms with Gasteiger partial charge < -0.3 is 14.6 Å². The van der Waals surface area contributed by atoms with Gasteiger partial charge in [-0.15, -0.1) is 0 Å². The van der Waals surface area contributed by atoms with Gasteiger partial charge in [0.25, 0.3) is 5.91 Å². The van der Waals surface area contributed by atoms with Crippen LogP contribution in [0, 0.1) is 11.3 Å². The van der Waals surface area contributed by atoms with Crippen molar-refractivity contribution in [2.45, 2.75) is 6.10 Å². The van der Waals surface area contributed by atoms with Crippen LogP contribution in [0.4, 0.5) is 0 Å². The average Bonchev–Trinajstić information content (AvgIpc) is 2.91. The lowest BCUT2D eigenvalue weighted by Crippen LogP contribution is -2.56. The average molecular weight is 348 g/mol. The molecular weight excluding hydrogens is 332 g/mol. The summed E-state index contributed by atoms with van der Waals surface area (Å²) >= 11 is 0. The van der Waals surface area contributed by atoms with Crippen LogP contribution >= 0.6 is 0 Å². The predicted molar refractivity (Wildman–Crippen MR) is 95.0 cm³/mol. The number of hydrogen-bond donors (Lipinski definition) is 1. The lowest BCUT2D eigenvalue weighted by atomic mass is 10.1. The second-order valence-electron chi connectivity index (χ2n) is 6.31. The number of nitrogens with zero attached hydrogens (tertiary/aromatic N) is 3. The van der Waals surface area contributed by atoms with Crippen molar-refractivity contribution in [3.05, 3.63) is 64.1 Å². The molecule has 1 aliphatic heterocycles. The number of amides is 1. The summed E-state index contributed by atoms with van der Waals surface area (Å²) in [6, 6.07) is 14.2. The van der Waals surface area contributed by atoms with Crippen LogP contribution in [-0.2, 0) is 7.05 Å². The zero-order valence-corrected chi connectivity index (χ0v) is 14.1. The van der Waals surface area contributed by atoms with E-state index in [9.17, 15) is 9.59 Å². The third kappa shape index (κ3) is 2.71. The standard InChI is InChI=1S/C19H16N4O3/c1-22-17-6-5-13(8-16(17)21-19(22)25)18(24)23-10-15(11-23)26-14-4-2-3-12(7-14)9-20/h2-8,15H,10-11H2,1H3,(H,21,25). The smallest absolute Gasteiger partial charge is 0.326 e. The van der Waals surface area contributed by atoms with Gasteiger partial charge in [-0.2, -0.15) is 5.26 Å². The molecule has 130 valence electrons. The van der Waals surface area contributed by atoms with Crippen LogP contribution in [-0.4, -0.2) is 39.6 Å². The maximum atomic E-state index is 12.6. The number of fused-ring (bicyclic) bond motifs is 1. The Bertz CT molecular complexity index is 1100. The number of nitrogens with one attached hydrogen (secondary N) is 1. The minimum absolute atomic E-state index is 0.0897. The summed E-state index contributed by atoms with van der Waals surface area (Å²) in [7, 11) is 1.68. The van der Waals surface area contributed by atoms with Gasteiger partial charge in [-0.25, -0.2) is 4.79 Å². The Morgan fingerprint density at radius 3 is 2.85 bits per heavy atom. The third-order valence-corrected chi connectivity index (χ3v) is 4.55. The van der Waals surface area contributed by atoms with Crippen LogP contribution in [0.2, 0.25) is 0 Å². The fraction of sp³-hybridized carbons (Fsp3) is 0.211. The molecule has 0 aliphatic carbocycles. The highest BCUT2D eigenvalue weighted by molar-refractivity contribution is 5.97. The molecule has 7 nitrogen and oxygen atoms in total. The third-order valence-electron chi connectivity index (χ3n) is 4.55. The van der Waals surface area contributed by atoms with Gasteiger partial charge in [-0.1, -0.05) is 6.07 Å². The van der Waals surface area contributed by atoms with Crippen molar-refractivity contribution in [3.8, 4) is 11.8 Å². The van der Waals surface area contributed by atoms with E-state index < -0.39 is 0 Å². The fourth-order valence-electron chi connectivity index (χ4n) is 3.06. The van der Waals surface area contributed by atoms with E-state index >= 15 is 0 Å². The number of ether oxygens (including phenoxy) is 1. The zero-order chi connectivity index (χ0) is 18.3. The zero-order valence-electron chi connectivity index (χ0n) is 14.1. The number of nitriles is 1. The molecule has 0 bridgehead atoms. The molecule has 1 aliphatic rings. The van der Waals surface area contributed by atoms with Gasteiger partial charge in [-0.3, -0.25) is 9.36 Å². The number of likely N-dealkylation sites (tertiary alicyclic amines) is 1. The molecule has 1 saturated heterocycles. The van der Waals surface area contributed by atoms with Gasteiger partial charge >= 0.3 is 5.69 Å². The van der Waals surface area contributed by atoms with Crippen molar-refractivity contribution in [1.29, 1.82) is 5.26 Å². The molecule has 7 heteroatoms. The molecule has 1 aromatic heterocycles. The molecule has 0 spiro atoms. The van der Waals surface area contributed by atoms with Crippen LogP contribution < -0.4 is 10.4 Å². The first-order chi connectivity index (χ1) is 12.5. The normalized spacial score (nSPS) is 14.1. The second kappa shape index (κ2) is 6.08. The molecule has 3 aromatic rings. The Hall–Kier alpha value is -3.53. The maximum absolute atomic E-state index is 12.6. The maximum Gasteiger partial charge on any atom is 0.326 e. The Morgan fingerprint density at radius 1 is 1.27 bits per heavy atom. The molecule has 1 amide bonds. The van der Waals surface area contributed by atoms with Gasteiger partial charge in [0, 0.05) is 12.6 Å². The van der Waals surface area contributed by atoms with Crippen molar-refractivity contribution in [2.24, 2.45) is 7.05 Å². The summed E-state index contributed by atoms with van der Waals surface area (Å²) in [5, 5.41) is 8.92. The highest BCUT2D eigenvalue weighted by Crippen LogP contribution is 2.22. The molecule has 2 aromatic carbocycles. The Morgan fingerprint density at radius 2 is 2.08 bits per heavy atom. The van der Waals surface area contributed by atoms with E-state index in [2.05, 4.69) is 11.1 Å². The summed E-state index contributed by atoms with van der Waals surface area (Å²) in [6.45, 7) is 0.970. The van der Waals surface area contributed by atoms with E-state index in [0.717, 1.165) is 5.52 Å². The molecule has 26 heavy (non-hydrogen) atoms. The van der Waals surface area contributed by atoms with Crippen LogP contribution in [0.3, 0.4) is 0 Å². The lowest BCUT2D eigenvalue weighted by molar-refractivity contribution is 0.0178. The number of imidazole rings is 1. The monoisotopic (exact) mass is 348 g/mol. The summed E-state index contributed by atoms with van der Waals surface area (Å²) in [5.41, 5.74) is 2.27. The Balaban J connectivity index is 1.43. The number of aromatic nitrogens is 2. The van der Waals surface area contributed by atoms with Crippen molar-refractivity contribution < 1.29 is 9.53 Å². The van der Waals surface area contributed by atoms with Gasteiger partial charge in [0.1, 0.15) is 11.9 Å². The molecule has 0 atom stereocenters. The van der Waals surface area contributed by atoms with Crippen molar-refractivity contribution >= 4 is 16.9 Å². The van der Waals surface area contributed by atoms with Crippen molar-refractivity contribution in [3.63, 3.8) is 0 Å². The highest BCUT2D eigenvalue weighted by atomic mass is 16.5. The lowest BCUT2D eigenvalue weighted by Gasteiger charge is -2.39. The number of hydrogen-bond acceptors (Lipinski definition) is 4. The van der Waals surface area contributed by atoms with Gasteiger partial charge in [0.2, 0.25) is 0 Å². The fourth-order valence-corrected chi connectivity index (χ4v) is 3.06. The number of carbonyl (C=O) groups is 1. The number of rotatable bonds is 3. The molecule has 4 rings (SSSR count). The SMILES string of the molecule is Cn1c(=O)[nH]c2cc(C(=O)N3CC(Oc4cccc(C#N)c4)C3)ccc21. The first-order valence-corrected chi connectivity index (χ1v) is 8.20. The minimum atomic E-state index is -0.207. The molecule has 0 saturated carbocycles. The molecular formula is C19H16N4O3. The first-order valence-electron chi connectivity index (χ1n) is 8.20. The van der Waals surface area contributed by atoms with Crippen molar-refractivity contribution in [2.75, 3.05) is 13.1 Å². The summed E-state index contributed by atoms with van der Waals surface area (Å²) < 4.78 is 7.31. The number of aryl methyl sites for hydroxylation is 1. The summed E-state index contributed by atoms with van der Waals surface area (Å²) in [6.07, 6.45) is -0.0897. The van der Waals surface area contributed by atoms with Crippen LogP contribution in [0.1, 0.15) is 15.9 Å². The van der Waals surface area contributed by atoms with Crippen LogP contribution in [0.5, 0.6) is 5.75 Å². The number of aromatic amines is 1. The quantitative estimate of drug-likeness (QED) is 0.779. The highest BCUT2D eigenvalue weighted by Gasteiger charge is 2.33. The minimum Gasteiger partial charge on any atom is -0.487 e. The molecule has 1 fully saturated rings. The second-order valence-corrected chi connectivity index (χ2v) is 6.31. The first kappa shape index (κ1) is 16.0. The topological polar surface area (TPSA) is 91.1 Å². The van der Waals surface area contributed by atoms with E-state index in [4.69, 9.17) is 10.00 Å². The van der Waals surface area contributed by atoms with Gasteiger partial charge in [0.15, 0.2) is 0 Å². The van der Waals surface area contributed by atoms with E-state index in [1.807, 2.05) is 0 Å². The molecule has 0 unspecified atom stereocenters. The largest absolute Gasteiger partial charge is 0.487 e. The van der Waals surface area contributed by atoms with E-state index in [0.29, 0.717) is 35.5 Å². The number of H-pyrrole nitrogens is 1. The van der Waals surface area contributed by atoms with Crippen molar-refractivity contribution in [1.82, 2.24) is 14.5 Å². The Labute approximate surface area is 149 Å². The molecule has 1 N–H and O–H groups in total. The summed E-state index contributed by atoms with van der Waals surface area (Å²) in [5.74, 6) is 0.534. The van der Waals surface area contributed by atoms with E-state index in [-0.39, 0.29) is 17.7 Å². The van der Waals surface area contributed by atoms with E-state index in [1.54, 1.807) is 54.4 Å². The summed E-state index contributed by atoms with van der Waals surface area (Å²) in [4.78, 5) is 28.7. The van der Waals surface area contributed by atoms with Crippen LogP contribution in [0.15, 0.2) is 47.3 Å². The van der Waals surface area contributed by atoms with Gasteiger partial charge in [0.05, 0.1) is 35.8 Å². The van der Waals surface area contributed by atoms with E-state index in [1.165, 1.54) is 4.57 Å². The molecule has 0 radical (unpaired) electrons. The molecule has 2 heterocycles.